The van der Waals surface area contributed by atoms with Gasteiger partial charge in [0, 0.05) is 38.1 Å². The van der Waals surface area contributed by atoms with Gasteiger partial charge >= 0.3 is 12.0 Å². The molecule has 2 aromatic carbocycles. The summed E-state index contributed by atoms with van der Waals surface area (Å²) in [5.74, 6) is -0.917. The van der Waals surface area contributed by atoms with Crippen LogP contribution in [0, 0.1) is 0 Å². The van der Waals surface area contributed by atoms with Crippen molar-refractivity contribution in [1.82, 2.24) is 10.2 Å². The maximum atomic E-state index is 11.9. The van der Waals surface area contributed by atoms with Crippen LogP contribution in [0.3, 0.4) is 0 Å². The van der Waals surface area contributed by atoms with Crippen LogP contribution in [0.5, 0.6) is 0 Å². The van der Waals surface area contributed by atoms with E-state index in [1.165, 1.54) is 4.90 Å². The van der Waals surface area contributed by atoms with Gasteiger partial charge in [-0.05, 0) is 36.8 Å². The first-order valence-corrected chi connectivity index (χ1v) is 8.63. The Morgan fingerprint density at radius 2 is 1.62 bits per heavy atom. The third kappa shape index (κ3) is 5.51. The van der Waals surface area contributed by atoms with E-state index in [-0.39, 0.29) is 19.0 Å². The van der Waals surface area contributed by atoms with Gasteiger partial charge in [-0.1, -0.05) is 30.3 Å². The van der Waals surface area contributed by atoms with Gasteiger partial charge < -0.3 is 20.2 Å². The summed E-state index contributed by atoms with van der Waals surface area (Å²) in [6.45, 7) is 3.54. The highest BCUT2D eigenvalue weighted by Crippen LogP contribution is 2.24. The molecule has 6 heteroatoms. The fourth-order valence-electron chi connectivity index (χ4n) is 2.59. The Hall–Kier alpha value is -3.02. The maximum Gasteiger partial charge on any atom is 0.317 e. The lowest BCUT2D eigenvalue weighted by atomic mass is 10.1. The largest absolute Gasteiger partial charge is 0.481 e. The van der Waals surface area contributed by atoms with Gasteiger partial charge in [0.1, 0.15) is 0 Å². The van der Waals surface area contributed by atoms with Crippen LogP contribution in [0.15, 0.2) is 54.6 Å². The van der Waals surface area contributed by atoms with E-state index in [0.717, 1.165) is 23.5 Å². The van der Waals surface area contributed by atoms with Crippen LogP contribution >= 0.6 is 0 Å². The van der Waals surface area contributed by atoms with E-state index in [2.05, 4.69) is 29.3 Å². The number of rotatable bonds is 8. The van der Waals surface area contributed by atoms with Crippen molar-refractivity contribution < 1.29 is 14.7 Å². The van der Waals surface area contributed by atoms with Crippen molar-refractivity contribution in [1.29, 1.82) is 0 Å². The fraction of sp³-hybridized carbons (Fsp3) is 0.300. The smallest absolute Gasteiger partial charge is 0.317 e. The van der Waals surface area contributed by atoms with Gasteiger partial charge in [-0.3, -0.25) is 4.79 Å². The van der Waals surface area contributed by atoms with Crippen molar-refractivity contribution in [2.45, 2.75) is 19.9 Å². The molecule has 0 radical (unpaired) electrons. The normalized spacial score (nSPS) is 10.2. The molecule has 0 aromatic heterocycles. The average Bonchev–Trinajstić information content (AvgIpc) is 2.66. The number of carboxylic acid groups (broad SMARTS) is 1. The topological polar surface area (TPSA) is 72.9 Å². The van der Waals surface area contributed by atoms with E-state index >= 15 is 0 Å². The number of benzene rings is 2. The van der Waals surface area contributed by atoms with Crippen molar-refractivity contribution in [3.8, 4) is 0 Å². The molecule has 0 aliphatic rings. The number of hydrogen-bond acceptors (Lipinski definition) is 3. The molecule has 0 heterocycles. The van der Waals surface area contributed by atoms with Crippen LogP contribution in [0.1, 0.15) is 18.9 Å². The number of carboxylic acids is 1. The molecule has 26 heavy (non-hydrogen) atoms. The van der Waals surface area contributed by atoms with Crippen molar-refractivity contribution in [3.63, 3.8) is 0 Å². The van der Waals surface area contributed by atoms with Gasteiger partial charge in [0.15, 0.2) is 0 Å². The number of para-hydroxylation sites is 1. The molecular formula is C20H25N3O3. The van der Waals surface area contributed by atoms with E-state index in [1.54, 1.807) is 7.05 Å². The first-order valence-electron chi connectivity index (χ1n) is 8.63. The Kier molecular flexibility index (Phi) is 7.02. The molecule has 2 rings (SSSR count). The van der Waals surface area contributed by atoms with Gasteiger partial charge in [-0.25, -0.2) is 4.79 Å². The minimum atomic E-state index is -0.917. The van der Waals surface area contributed by atoms with Crippen molar-refractivity contribution in [2.75, 3.05) is 25.0 Å². The van der Waals surface area contributed by atoms with Gasteiger partial charge in [0.05, 0.1) is 6.42 Å². The Morgan fingerprint density at radius 3 is 2.19 bits per heavy atom. The minimum absolute atomic E-state index is 0.0645. The third-order valence-corrected chi connectivity index (χ3v) is 4.08. The number of carbonyl (C=O) groups excluding carboxylic acids is 1. The van der Waals surface area contributed by atoms with Crippen LogP contribution in [-0.2, 0) is 11.3 Å². The highest BCUT2D eigenvalue weighted by Gasteiger charge is 2.10. The number of hydrogen-bond donors (Lipinski definition) is 2. The lowest BCUT2D eigenvalue weighted by molar-refractivity contribution is -0.137. The molecule has 0 spiro atoms. The first kappa shape index (κ1) is 19.3. The molecule has 6 nitrogen and oxygen atoms in total. The summed E-state index contributed by atoms with van der Waals surface area (Å²) in [6.07, 6.45) is -0.0645. The van der Waals surface area contributed by atoms with E-state index in [9.17, 15) is 9.59 Å². The van der Waals surface area contributed by atoms with Crippen LogP contribution < -0.4 is 10.2 Å². The zero-order valence-corrected chi connectivity index (χ0v) is 15.2. The number of aliphatic carboxylic acids is 1. The van der Waals surface area contributed by atoms with Crippen LogP contribution in [-0.4, -0.2) is 42.1 Å². The molecule has 2 amide bonds. The summed E-state index contributed by atoms with van der Waals surface area (Å²) < 4.78 is 0. The molecule has 0 aliphatic carbocycles. The molecule has 0 saturated carbocycles. The van der Waals surface area contributed by atoms with Gasteiger partial charge in [-0.15, -0.1) is 0 Å². The molecule has 0 saturated heterocycles. The number of urea groups is 1. The summed E-state index contributed by atoms with van der Waals surface area (Å²) in [6, 6.07) is 17.9. The number of nitrogens with zero attached hydrogens (tertiary/aromatic N) is 2. The third-order valence-electron chi connectivity index (χ3n) is 4.08. The Labute approximate surface area is 154 Å². The zero-order valence-electron chi connectivity index (χ0n) is 15.2. The first-order chi connectivity index (χ1) is 12.5. The Balaban J connectivity index is 1.93. The van der Waals surface area contributed by atoms with Crippen LogP contribution in [0.2, 0.25) is 0 Å². The quantitative estimate of drug-likeness (QED) is 0.761. The van der Waals surface area contributed by atoms with E-state index in [1.807, 2.05) is 42.5 Å². The summed E-state index contributed by atoms with van der Waals surface area (Å²) in [5.41, 5.74) is 3.21. The lowest BCUT2D eigenvalue weighted by Crippen LogP contribution is -2.37. The summed E-state index contributed by atoms with van der Waals surface area (Å²) in [4.78, 5) is 26.1. The van der Waals surface area contributed by atoms with Crippen molar-refractivity contribution in [2.24, 2.45) is 0 Å². The summed E-state index contributed by atoms with van der Waals surface area (Å²) in [7, 11) is 1.58. The number of nitrogens with one attached hydrogen (secondary N) is 1. The standard InChI is InChI=1S/C20H25N3O3/c1-3-23(17-7-5-4-6-8-17)18-11-9-16(10-12-18)15-21-20(26)22(2)14-13-19(24)25/h4-12H,3,13-15H2,1-2H3,(H,21,26)(H,24,25). The van der Waals surface area contributed by atoms with E-state index < -0.39 is 5.97 Å². The second-order valence-electron chi connectivity index (χ2n) is 5.97. The average molecular weight is 355 g/mol. The van der Waals surface area contributed by atoms with Gasteiger partial charge in [0.25, 0.3) is 0 Å². The molecular weight excluding hydrogens is 330 g/mol. The molecule has 138 valence electrons. The number of amides is 2. The maximum absolute atomic E-state index is 11.9. The second kappa shape index (κ2) is 9.46. The number of anilines is 2. The van der Waals surface area contributed by atoms with E-state index in [4.69, 9.17) is 5.11 Å². The van der Waals surface area contributed by atoms with Crippen molar-refractivity contribution in [3.05, 3.63) is 60.2 Å². The molecule has 0 aliphatic heterocycles. The monoisotopic (exact) mass is 355 g/mol. The second-order valence-corrected chi connectivity index (χ2v) is 5.97. The molecule has 0 bridgehead atoms. The number of carbonyl (C=O) groups is 2. The fourth-order valence-corrected chi connectivity index (χ4v) is 2.59. The predicted octanol–water partition coefficient (Wildman–Crippen LogP) is 3.46. The zero-order chi connectivity index (χ0) is 18.9. The van der Waals surface area contributed by atoms with Crippen LogP contribution in [0.4, 0.5) is 16.2 Å². The molecule has 0 fully saturated rings. The molecule has 0 unspecified atom stereocenters. The van der Waals surface area contributed by atoms with Gasteiger partial charge in [-0.2, -0.15) is 0 Å². The SMILES string of the molecule is CCN(c1ccccc1)c1ccc(CNC(=O)N(C)CCC(=O)O)cc1. The highest BCUT2D eigenvalue weighted by atomic mass is 16.4. The van der Waals surface area contributed by atoms with Crippen molar-refractivity contribution >= 4 is 23.4 Å². The minimum Gasteiger partial charge on any atom is -0.481 e. The lowest BCUT2D eigenvalue weighted by Gasteiger charge is -2.23. The predicted molar refractivity (Wildman–Crippen MR) is 103 cm³/mol. The highest BCUT2D eigenvalue weighted by molar-refractivity contribution is 5.75. The van der Waals surface area contributed by atoms with Gasteiger partial charge in [0.2, 0.25) is 0 Å². The molecule has 0 atom stereocenters. The van der Waals surface area contributed by atoms with E-state index in [0.29, 0.717) is 6.54 Å². The summed E-state index contributed by atoms with van der Waals surface area (Å²) in [5, 5.41) is 11.5. The molecule has 2 aromatic rings. The molecule has 2 N–H and O–H groups in total. The Bertz CT molecular complexity index is 717. The Morgan fingerprint density at radius 1 is 1.00 bits per heavy atom. The summed E-state index contributed by atoms with van der Waals surface area (Å²) >= 11 is 0. The van der Waals surface area contributed by atoms with Crippen LogP contribution in [0.25, 0.3) is 0 Å².